The van der Waals surface area contributed by atoms with E-state index in [-0.39, 0.29) is 5.56 Å². The molecule has 9 heteroatoms. The second kappa shape index (κ2) is 11.3. The molecule has 0 bridgehead atoms. The largest absolute Gasteiger partial charge is 0.381 e. The monoisotopic (exact) mass is 569 g/mol. The van der Waals surface area contributed by atoms with E-state index >= 15 is 0 Å². The van der Waals surface area contributed by atoms with Crippen LogP contribution < -0.4 is 15.8 Å². The molecule has 40 heavy (non-hydrogen) atoms. The highest BCUT2D eigenvalue weighted by atomic mass is 32.2. The van der Waals surface area contributed by atoms with Crippen LogP contribution in [0.1, 0.15) is 12.0 Å². The molecule has 2 aromatic heterocycles. The summed E-state index contributed by atoms with van der Waals surface area (Å²) in [5.41, 5.74) is 5.23. The van der Waals surface area contributed by atoms with Crippen molar-refractivity contribution in [1.29, 1.82) is 0 Å². The van der Waals surface area contributed by atoms with Crippen molar-refractivity contribution in [2.45, 2.75) is 38.6 Å². The zero-order chi connectivity index (χ0) is 26.9. The van der Waals surface area contributed by atoms with E-state index in [1.165, 1.54) is 30.8 Å². The van der Waals surface area contributed by atoms with Gasteiger partial charge in [-0.3, -0.25) is 14.7 Å². The molecule has 2 saturated heterocycles. The number of likely N-dealkylation sites (tertiary alicyclic amines) is 1. The lowest BCUT2D eigenvalue weighted by molar-refractivity contribution is 0.122. The molecule has 4 aromatic rings. The van der Waals surface area contributed by atoms with E-state index in [0.717, 1.165) is 56.1 Å². The van der Waals surface area contributed by atoms with Crippen molar-refractivity contribution >= 4 is 34.9 Å². The van der Waals surface area contributed by atoms with E-state index in [2.05, 4.69) is 73.6 Å². The molecule has 0 spiro atoms. The van der Waals surface area contributed by atoms with E-state index < -0.39 is 0 Å². The Balaban J connectivity index is 1.08. The normalized spacial score (nSPS) is 18.8. The fraction of sp³-hybridized carbons (Fsp3) is 0.290. The van der Waals surface area contributed by atoms with Crippen LogP contribution in [0.3, 0.4) is 0 Å². The van der Waals surface area contributed by atoms with Crippen LogP contribution in [0.4, 0.5) is 11.4 Å². The van der Waals surface area contributed by atoms with Crippen LogP contribution in [-0.4, -0.2) is 60.3 Å². The van der Waals surface area contributed by atoms with Crippen LogP contribution in [0.5, 0.6) is 0 Å². The number of anilines is 2. The van der Waals surface area contributed by atoms with Crippen molar-refractivity contribution in [3.63, 3.8) is 0 Å². The number of fused-ring (bicyclic) bond motifs is 2. The molecule has 2 N–H and O–H groups in total. The number of aromatic nitrogens is 2. The highest BCUT2D eigenvalue weighted by Crippen LogP contribution is 2.52. The number of hydrogen-bond acceptors (Lipinski definition) is 8. The van der Waals surface area contributed by atoms with E-state index in [4.69, 9.17) is 4.74 Å². The summed E-state index contributed by atoms with van der Waals surface area (Å²) >= 11 is 3.59. The Labute approximate surface area is 242 Å². The van der Waals surface area contributed by atoms with Gasteiger partial charge >= 0.3 is 0 Å². The highest BCUT2D eigenvalue weighted by Gasteiger charge is 2.25. The van der Waals surface area contributed by atoms with Crippen LogP contribution in [0.15, 0.2) is 97.4 Å². The van der Waals surface area contributed by atoms with Crippen molar-refractivity contribution in [2.75, 3.05) is 49.6 Å². The third-order valence-electron chi connectivity index (χ3n) is 7.62. The summed E-state index contributed by atoms with van der Waals surface area (Å²) in [5, 5.41) is 3.78. The molecule has 0 radical (unpaired) electrons. The van der Waals surface area contributed by atoms with Gasteiger partial charge < -0.3 is 19.9 Å². The first-order chi connectivity index (χ1) is 19.7. The summed E-state index contributed by atoms with van der Waals surface area (Å²) in [6.45, 7) is 6.04. The maximum Gasteiger partial charge on any atom is 0.250 e. The minimum absolute atomic E-state index is 0.0768. The first-order valence-electron chi connectivity index (χ1n) is 13.8. The second-order valence-electron chi connectivity index (χ2n) is 10.4. The van der Waals surface area contributed by atoms with Gasteiger partial charge in [0.1, 0.15) is 0 Å². The number of benzene rings is 2. The number of nitrogens with one attached hydrogen (secondary N) is 2. The summed E-state index contributed by atoms with van der Waals surface area (Å²) in [4.78, 5) is 29.6. The van der Waals surface area contributed by atoms with Gasteiger partial charge in [0.25, 0.3) is 0 Å². The Bertz CT molecular complexity index is 1570. The minimum atomic E-state index is -0.0768. The van der Waals surface area contributed by atoms with E-state index in [1.54, 1.807) is 29.6 Å². The van der Waals surface area contributed by atoms with Crippen LogP contribution in [0, 0.1) is 0 Å². The SMILES string of the molecule is O=c1cc(N2CCOCC2)cc(-c2cccc3c2Sc2ccc(NC4CCN(Cc5cccnc5)C4)cc2S3)[nH]1. The first-order valence-corrected chi connectivity index (χ1v) is 15.4. The highest BCUT2D eigenvalue weighted by molar-refractivity contribution is 8.05. The Kier molecular flexibility index (Phi) is 7.28. The summed E-state index contributed by atoms with van der Waals surface area (Å²) in [6.07, 6.45) is 4.92. The Hall–Kier alpha value is -3.24. The molecule has 1 unspecified atom stereocenters. The summed E-state index contributed by atoms with van der Waals surface area (Å²) in [5.74, 6) is 0. The van der Waals surface area contributed by atoms with Crippen LogP contribution >= 0.6 is 23.5 Å². The fourth-order valence-electron chi connectivity index (χ4n) is 5.66. The van der Waals surface area contributed by atoms with Crippen molar-refractivity contribution in [3.8, 4) is 11.3 Å². The molecule has 2 fully saturated rings. The molecule has 5 heterocycles. The lowest BCUT2D eigenvalue weighted by Gasteiger charge is -2.29. The summed E-state index contributed by atoms with van der Waals surface area (Å²) < 4.78 is 5.50. The average Bonchev–Trinajstić information content (AvgIpc) is 3.42. The molecule has 0 saturated carbocycles. The molecule has 3 aliphatic heterocycles. The minimum Gasteiger partial charge on any atom is -0.381 e. The van der Waals surface area contributed by atoms with Gasteiger partial charge in [0.2, 0.25) is 5.56 Å². The molecule has 2 aromatic carbocycles. The third-order valence-corrected chi connectivity index (χ3v) is 10.2. The maximum atomic E-state index is 12.6. The van der Waals surface area contributed by atoms with Crippen LogP contribution in [-0.2, 0) is 11.3 Å². The van der Waals surface area contributed by atoms with Crippen molar-refractivity contribution in [3.05, 3.63) is 89.0 Å². The number of pyridine rings is 2. The first kappa shape index (κ1) is 25.7. The van der Waals surface area contributed by atoms with Gasteiger partial charge in [0.15, 0.2) is 0 Å². The van der Waals surface area contributed by atoms with Crippen LogP contribution in [0.2, 0.25) is 0 Å². The average molecular weight is 570 g/mol. The van der Waals surface area contributed by atoms with Gasteiger partial charge in [-0.1, -0.05) is 41.7 Å². The zero-order valence-corrected chi connectivity index (χ0v) is 23.8. The molecular formula is C31H31N5O2S2. The summed E-state index contributed by atoms with van der Waals surface area (Å²) in [7, 11) is 0. The second-order valence-corrected chi connectivity index (χ2v) is 12.6. The number of nitrogens with zero attached hydrogens (tertiary/aromatic N) is 3. The van der Waals surface area contributed by atoms with E-state index in [0.29, 0.717) is 19.3 Å². The summed E-state index contributed by atoms with van der Waals surface area (Å²) in [6, 6.07) is 21.5. The molecule has 0 amide bonds. The Morgan fingerprint density at radius 1 is 0.975 bits per heavy atom. The number of morpholine rings is 1. The fourth-order valence-corrected chi connectivity index (χ4v) is 8.07. The number of hydrogen-bond donors (Lipinski definition) is 2. The standard InChI is InChI=1S/C31H31N5O2S2/c37-30-17-24(36-11-13-38-14-12-36)16-26(34-30)25-4-1-5-28-31(25)40-27-7-6-22(15-29(27)39-28)33-23-8-10-35(20-23)19-21-3-2-9-32-18-21/h1-7,9,15-18,23,33H,8,10-14,19-20H2,(H,34,37). The van der Waals surface area contributed by atoms with Gasteiger partial charge in [0, 0.05) is 93.7 Å². The molecular weight excluding hydrogens is 539 g/mol. The number of aromatic amines is 1. The quantitative estimate of drug-likeness (QED) is 0.275. The molecule has 1 atom stereocenters. The number of rotatable bonds is 6. The molecule has 3 aliphatic rings. The van der Waals surface area contributed by atoms with Gasteiger partial charge in [-0.15, -0.1) is 0 Å². The van der Waals surface area contributed by atoms with Crippen molar-refractivity contribution in [1.82, 2.24) is 14.9 Å². The van der Waals surface area contributed by atoms with E-state index in [9.17, 15) is 4.79 Å². The van der Waals surface area contributed by atoms with Gasteiger partial charge in [0.05, 0.1) is 18.9 Å². The molecule has 7 nitrogen and oxygen atoms in total. The molecule has 7 rings (SSSR count). The smallest absolute Gasteiger partial charge is 0.250 e. The topological polar surface area (TPSA) is 73.5 Å². The van der Waals surface area contributed by atoms with Gasteiger partial charge in [-0.05, 0) is 48.4 Å². The number of H-pyrrole nitrogens is 1. The Morgan fingerprint density at radius 3 is 2.77 bits per heavy atom. The zero-order valence-electron chi connectivity index (χ0n) is 22.1. The van der Waals surface area contributed by atoms with Gasteiger partial charge in [-0.2, -0.15) is 0 Å². The Morgan fingerprint density at radius 2 is 1.90 bits per heavy atom. The predicted molar refractivity (Wildman–Crippen MR) is 162 cm³/mol. The lowest BCUT2D eigenvalue weighted by Crippen LogP contribution is -2.36. The molecule has 0 aliphatic carbocycles. The van der Waals surface area contributed by atoms with E-state index in [1.807, 2.05) is 18.5 Å². The predicted octanol–water partition coefficient (Wildman–Crippen LogP) is 5.58. The van der Waals surface area contributed by atoms with Crippen molar-refractivity contribution in [2.24, 2.45) is 0 Å². The third kappa shape index (κ3) is 5.51. The van der Waals surface area contributed by atoms with Gasteiger partial charge in [-0.25, -0.2) is 0 Å². The molecule has 204 valence electrons. The van der Waals surface area contributed by atoms with Crippen molar-refractivity contribution < 1.29 is 4.74 Å². The van der Waals surface area contributed by atoms with Crippen LogP contribution in [0.25, 0.3) is 11.3 Å². The number of ether oxygens (including phenoxy) is 1. The lowest BCUT2D eigenvalue weighted by atomic mass is 10.1. The maximum absolute atomic E-state index is 12.6.